The van der Waals surface area contributed by atoms with Crippen molar-refractivity contribution in [1.29, 1.82) is 0 Å². The maximum atomic E-state index is 11.9. The minimum atomic E-state index is -0.495. The molecule has 1 aromatic carbocycles. The van der Waals surface area contributed by atoms with Gasteiger partial charge < -0.3 is 0 Å². The molecule has 0 radical (unpaired) electrons. The van der Waals surface area contributed by atoms with Crippen molar-refractivity contribution in [2.24, 2.45) is 11.0 Å². The Bertz CT molecular complexity index is 537. The minimum Gasteiger partial charge on any atom is -0.267 e. The number of hydrogen-bond acceptors (Lipinski definition) is 4. The van der Waals surface area contributed by atoms with Crippen molar-refractivity contribution in [3.05, 3.63) is 39.9 Å². The Labute approximate surface area is 117 Å². The van der Waals surface area contributed by atoms with Crippen molar-refractivity contribution >= 4 is 17.3 Å². The summed E-state index contributed by atoms with van der Waals surface area (Å²) in [6.45, 7) is 2.17. The van der Waals surface area contributed by atoms with Crippen molar-refractivity contribution in [3.63, 3.8) is 0 Å². The Hall–Kier alpha value is -2.24. The quantitative estimate of drug-likeness (QED) is 0.680. The molecule has 0 saturated heterocycles. The number of amides is 1. The van der Waals surface area contributed by atoms with Gasteiger partial charge in [0.15, 0.2) is 0 Å². The molecule has 1 saturated carbocycles. The van der Waals surface area contributed by atoms with Crippen LogP contribution in [-0.4, -0.2) is 16.5 Å². The summed E-state index contributed by atoms with van der Waals surface area (Å²) >= 11 is 0. The SMILES string of the molecule is CC1CCCC(=NNC(=O)c2ccc([N+](=O)[O-])cc2)C1. The normalized spacial score (nSPS) is 20.6. The largest absolute Gasteiger partial charge is 0.271 e. The lowest BCUT2D eigenvalue weighted by atomic mass is 9.89. The summed E-state index contributed by atoms with van der Waals surface area (Å²) in [6.07, 6.45) is 4.15. The summed E-state index contributed by atoms with van der Waals surface area (Å²) in [5, 5.41) is 14.7. The first-order chi connectivity index (χ1) is 9.56. The van der Waals surface area contributed by atoms with Gasteiger partial charge in [0.1, 0.15) is 0 Å². The molecule has 106 valence electrons. The lowest BCUT2D eigenvalue weighted by molar-refractivity contribution is -0.384. The van der Waals surface area contributed by atoms with Crippen LogP contribution in [0.2, 0.25) is 0 Å². The molecule has 1 atom stereocenters. The summed E-state index contributed by atoms with van der Waals surface area (Å²) in [4.78, 5) is 21.9. The summed E-state index contributed by atoms with van der Waals surface area (Å²) in [6, 6.07) is 5.48. The van der Waals surface area contributed by atoms with Gasteiger partial charge in [-0.1, -0.05) is 6.92 Å². The molecule has 6 heteroatoms. The molecule has 0 bridgehead atoms. The predicted octanol–water partition coefficient (Wildman–Crippen LogP) is 2.89. The highest BCUT2D eigenvalue weighted by Crippen LogP contribution is 2.21. The van der Waals surface area contributed by atoms with Crippen molar-refractivity contribution in [1.82, 2.24) is 5.43 Å². The molecule has 0 aromatic heterocycles. The van der Waals surface area contributed by atoms with Gasteiger partial charge in [0, 0.05) is 23.4 Å². The predicted molar refractivity (Wildman–Crippen MR) is 75.6 cm³/mol. The third kappa shape index (κ3) is 3.63. The first-order valence-corrected chi connectivity index (χ1v) is 6.66. The third-order valence-corrected chi connectivity index (χ3v) is 3.40. The van der Waals surface area contributed by atoms with E-state index in [2.05, 4.69) is 17.5 Å². The first kappa shape index (κ1) is 14.2. The standard InChI is InChI=1S/C14H17N3O3/c1-10-3-2-4-12(9-10)15-16-14(18)11-5-7-13(8-6-11)17(19)20/h5-8,10H,2-4,9H2,1H3,(H,16,18). The fourth-order valence-corrected chi connectivity index (χ4v) is 2.29. The number of nitrogens with one attached hydrogen (secondary N) is 1. The topological polar surface area (TPSA) is 84.6 Å². The fraction of sp³-hybridized carbons (Fsp3) is 0.429. The summed E-state index contributed by atoms with van der Waals surface area (Å²) < 4.78 is 0. The Morgan fingerprint density at radius 3 is 2.70 bits per heavy atom. The van der Waals surface area contributed by atoms with Crippen LogP contribution in [0.5, 0.6) is 0 Å². The zero-order valence-electron chi connectivity index (χ0n) is 11.3. The van der Waals surface area contributed by atoms with E-state index in [-0.39, 0.29) is 11.6 Å². The van der Waals surface area contributed by atoms with Crippen LogP contribution < -0.4 is 5.43 Å². The number of nitro groups is 1. The van der Waals surface area contributed by atoms with E-state index in [4.69, 9.17) is 0 Å². The van der Waals surface area contributed by atoms with Crippen LogP contribution in [0.4, 0.5) is 5.69 Å². The number of nitrogens with zero attached hydrogens (tertiary/aromatic N) is 2. The number of hydrogen-bond donors (Lipinski definition) is 1. The molecule has 1 aromatic rings. The van der Waals surface area contributed by atoms with Gasteiger partial charge in [-0.25, -0.2) is 5.43 Å². The first-order valence-electron chi connectivity index (χ1n) is 6.66. The zero-order chi connectivity index (χ0) is 14.5. The van der Waals surface area contributed by atoms with Crippen LogP contribution in [0, 0.1) is 16.0 Å². The summed E-state index contributed by atoms with van der Waals surface area (Å²) in [7, 11) is 0. The van der Waals surface area contributed by atoms with E-state index in [1.807, 2.05) is 0 Å². The van der Waals surface area contributed by atoms with Gasteiger partial charge in [0.05, 0.1) is 4.92 Å². The smallest absolute Gasteiger partial charge is 0.267 e. The Morgan fingerprint density at radius 1 is 1.40 bits per heavy atom. The van der Waals surface area contributed by atoms with Gasteiger partial charge in [-0.15, -0.1) is 0 Å². The van der Waals surface area contributed by atoms with E-state index in [1.165, 1.54) is 30.7 Å². The molecule has 2 rings (SSSR count). The number of rotatable bonds is 3. The second-order valence-electron chi connectivity index (χ2n) is 5.12. The molecule has 1 amide bonds. The van der Waals surface area contributed by atoms with Crippen LogP contribution in [0.15, 0.2) is 29.4 Å². The highest BCUT2D eigenvalue weighted by atomic mass is 16.6. The van der Waals surface area contributed by atoms with E-state index >= 15 is 0 Å². The van der Waals surface area contributed by atoms with Crippen molar-refractivity contribution in [3.8, 4) is 0 Å². The second kappa shape index (κ2) is 6.27. The summed E-state index contributed by atoms with van der Waals surface area (Å²) in [5.41, 5.74) is 3.86. The molecule has 20 heavy (non-hydrogen) atoms. The number of hydrazone groups is 1. The van der Waals surface area contributed by atoms with Crippen molar-refractivity contribution in [2.45, 2.75) is 32.6 Å². The van der Waals surface area contributed by atoms with Gasteiger partial charge in [-0.3, -0.25) is 14.9 Å². The molecule has 0 aliphatic heterocycles. The van der Waals surface area contributed by atoms with Gasteiger partial charge in [0.2, 0.25) is 0 Å². The second-order valence-corrected chi connectivity index (χ2v) is 5.12. The molecule has 1 aliphatic rings. The van der Waals surface area contributed by atoms with Crippen LogP contribution in [0.25, 0.3) is 0 Å². The van der Waals surface area contributed by atoms with E-state index in [0.29, 0.717) is 11.5 Å². The van der Waals surface area contributed by atoms with E-state index in [0.717, 1.165) is 25.0 Å². The highest BCUT2D eigenvalue weighted by Gasteiger charge is 2.14. The highest BCUT2D eigenvalue weighted by molar-refractivity contribution is 5.95. The molecule has 0 spiro atoms. The molecule has 1 N–H and O–H groups in total. The van der Waals surface area contributed by atoms with Gasteiger partial charge in [-0.2, -0.15) is 5.10 Å². The average molecular weight is 275 g/mol. The van der Waals surface area contributed by atoms with Gasteiger partial charge in [-0.05, 0) is 43.7 Å². The molecule has 1 aliphatic carbocycles. The zero-order valence-corrected chi connectivity index (χ0v) is 11.3. The molecule has 6 nitrogen and oxygen atoms in total. The molecular weight excluding hydrogens is 258 g/mol. The molecule has 0 heterocycles. The van der Waals surface area contributed by atoms with Crippen LogP contribution in [0.3, 0.4) is 0 Å². The Kier molecular flexibility index (Phi) is 4.45. The number of benzene rings is 1. The van der Waals surface area contributed by atoms with E-state index < -0.39 is 4.92 Å². The Morgan fingerprint density at radius 2 is 2.10 bits per heavy atom. The maximum absolute atomic E-state index is 11.9. The van der Waals surface area contributed by atoms with Crippen LogP contribution in [-0.2, 0) is 0 Å². The van der Waals surface area contributed by atoms with E-state index in [9.17, 15) is 14.9 Å². The average Bonchev–Trinajstić information content (AvgIpc) is 2.45. The minimum absolute atomic E-state index is 0.0334. The van der Waals surface area contributed by atoms with Gasteiger partial charge in [0.25, 0.3) is 11.6 Å². The van der Waals surface area contributed by atoms with Crippen LogP contribution in [0.1, 0.15) is 43.0 Å². The summed E-state index contributed by atoms with van der Waals surface area (Å²) in [5.74, 6) is 0.268. The number of non-ortho nitro benzene ring substituents is 1. The van der Waals surface area contributed by atoms with Crippen LogP contribution >= 0.6 is 0 Å². The van der Waals surface area contributed by atoms with E-state index in [1.54, 1.807) is 0 Å². The molecule has 1 fully saturated rings. The fourth-order valence-electron chi connectivity index (χ4n) is 2.29. The lowest BCUT2D eigenvalue weighted by Gasteiger charge is -2.18. The van der Waals surface area contributed by atoms with Crippen molar-refractivity contribution < 1.29 is 9.72 Å². The number of carbonyl (C=O) groups excluding carboxylic acids is 1. The number of nitro benzene ring substituents is 1. The maximum Gasteiger partial charge on any atom is 0.271 e. The lowest BCUT2D eigenvalue weighted by Crippen LogP contribution is -2.22. The monoisotopic (exact) mass is 275 g/mol. The van der Waals surface area contributed by atoms with Crippen molar-refractivity contribution in [2.75, 3.05) is 0 Å². The molecular formula is C14H17N3O3. The third-order valence-electron chi connectivity index (χ3n) is 3.40. The van der Waals surface area contributed by atoms with Gasteiger partial charge >= 0.3 is 0 Å². The number of carbonyl (C=O) groups is 1. The molecule has 1 unspecified atom stereocenters. The Balaban J connectivity index is 1.97.